The molecule has 5 nitrogen and oxygen atoms in total. The van der Waals surface area contributed by atoms with Crippen molar-refractivity contribution in [2.75, 3.05) is 18.2 Å². The Hall–Kier alpha value is -2.87. The van der Waals surface area contributed by atoms with Crippen LogP contribution in [-0.4, -0.2) is 28.1 Å². The molecule has 0 unspecified atom stereocenters. The number of allylic oxidation sites excluding steroid dienone is 2. The monoisotopic (exact) mass is 390 g/mol. The van der Waals surface area contributed by atoms with Gasteiger partial charge in [-0.2, -0.15) is 13.2 Å². The summed E-state index contributed by atoms with van der Waals surface area (Å²) < 4.78 is 43.5. The lowest BCUT2D eigenvalue weighted by atomic mass is 10.2. The molecule has 148 valence electrons. The predicted octanol–water partition coefficient (Wildman–Crippen LogP) is 4.34. The molecule has 0 amide bonds. The topological polar surface area (TPSA) is 41.5 Å². The van der Waals surface area contributed by atoms with Gasteiger partial charge in [0.15, 0.2) is 0 Å². The van der Waals surface area contributed by atoms with E-state index in [9.17, 15) is 13.2 Å². The molecule has 3 heterocycles. The Morgan fingerprint density at radius 1 is 1.04 bits per heavy atom. The number of nitrogens with zero attached hydrogens (tertiary/aromatic N) is 4. The molecule has 0 bridgehead atoms. The summed E-state index contributed by atoms with van der Waals surface area (Å²) in [4.78, 5) is 11.8. The van der Waals surface area contributed by atoms with E-state index in [1.165, 1.54) is 12.3 Å². The molecule has 2 aromatic rings. The lowest BCUT2D eigenvalue weighted by Gasteiger charge is -2.27. The summed E-state index contributed by atoms with van der Waals surface area (Å²) in [6.07, 6.45) is 6.06. The van der Waals surface area contributed by atoms with Crippen molar-refractivity contribution >= 4 is 5.69 Å². The van der Waals surface area contributed by atoms with Crippen molar-refractivity contribution in [3.63, 3.8) is 0 Å². The van der Waals surface area contributed by atoms with Crippen LogP contribution >= 0.6 is 0 Å². The van der Waals surface area contributed by atoms with Crippen molar-refractivity contribution in [1.29, 1.82) is 0 Å². The van der Waals surface area contributed by atoms with Gasteiger partial charge in [-0.3, -0.25) is 4.98 Å². The van der Waals surface area contributed by atoms with Crippen molar-refractivity contribution in [2.24, 2.45) is 0 Å². The van der Waals surface area contributed by atoms with Crippen molar-refractivity contribution in [3.8, 4) is 0 Å². The molecule has 1 aliphatic rings. The van der Waals surface area contributed by atoms with Gasteiger partial charge in [-0.25, -0.2) is 4.98 Å². The molecule has 0 N–H and O–H groups in total. The van der Waals surface area contributed by atoms with E-state index in [4.69, 9.17) is 4.74 Å². The number of ether oxygens (including phenoxy) is 1. The summed E-state index contributed by atoms with van der Waals surface area (Å²) in [7, 11) is 0. The highest BCUT2D eigenvalue weighted by atomic mass is 19.4. The van der Waals surface area contributed by atoms with E-state index in [0.717, 1.165) is 17.3 Å². The molecule has 1 aliphatic heterocycles. The van der Waals surface area contributed by atoms with E-state index in [1.807, 2.05) is 59.6 Å². The third-order valence-corrected chi connectivity index (χ3v) is 4.10. The highest BCUT2D eigenvalue weighted by molar-refractivity contribution is 5.48. The predicted molar refractivity (Wildman–Crippen MR) is 100.0 cm³/mol. The Balaban J connectivity index is 1.66. The summed E-state index contributed by atoms with van der Waals surface area (Å²) in [5.74, 6) is 0. The molecule has 0 aliphatic carbocycles. The highest BCUT2D eigenvalue weighted by Gasteiger charge is 2.32. The number of aromatic nitrogens is 2. The Morgan fingerprint density at radius 3 is 2.50 bits per heavy atom. The zero-order valence-corrected chi connectivity index (χ0v) is 15.4. The molecule has 28 heavy (non-hydrogen) atoms. The van der Waals surface area contributed by atoms with Crippen LogP contribution in [0.5, 0.6) is 0 Å². The largest absolute Gasteiger partial charge is 0.433 e. The molecule has 0 aromatic carbocycles. The fraction of sp³-hybridized carbons (Fsp3) is 0.300. The van der Waals surface area contributed by atoms with E-state index in [1.54, 1.807) is 0 Å². The number of alkyl halides is 3. The number of hydrogen-bond donors (Lipinski definition) is 0. The maximum Gasteiger partial charge on any atom is 0.433 e. The molecule has 3 rings (SSSR count). The molecule has 2 aromatic heterocycles. The second-order valence-corrected chi connectivity index (χ2v) is 6.24. The molecule has 0 fully saturated rings. The summed E-state index contributed by atoms with van der Waals surface area (Å²) in [6, 6.07) is 6.35. The van der Waals surface area contributed by atoms with Crippen molar-refractivity contribution in [2.45, 2.75) is 26.3 Å². The third kappa shape index (κ3) is 5.32. The fourth-order valence-corrected chi connectivity index (χ4v) is 2.68. The zero-order chi connectivity index (χ0) is 20.0. The number of hydrogen-bond acceptors (Lipinski definition) is 5. The zero-order valence-electron chi connectivity index (χ0n) is 15.4. The Labute approximate surface area is 161 Å². The Bertz CT molecular complexity index is 817. The maximum atomic E-state index is 12.7. The van der Waals surface area contributed by atoms with Gasteiger partial charge < -0.3 is 14.5 Å². The first-order chi connectivity index (χ1) is 13.5. The second kappa shape index (κ2) is 8.88. The SMILES string of the molecule is CCOCc1ccc(CN2C=CC=CN(c3ccc(C(F)(F)F)nc3)C2)cn1. The van der Waals surface area contributed by atoms with Gasteiger partial charge in [0.1, 0.15) is 5.69 Å². The second-order valence-electron chi connectivity index (χ2n) is 6.24. The summed E-state index contributed by atoms with van der Waals surface area (Å²) in [5, 5.41) is 0. The molecular formula is C20H21F3N4O. The summed E-state index contributed by atoms with van der Waals surface area (Å²) >= 11 is 0. The van der Waals surface area contributed by atoms with Crippen LogP contribution in [0.25, 0.3) is 0 Å². The van der Waals surface area contributed by atoms with E-state index >= 15 is 0 Å². The van der Waals surface area contributed by atoms with Gasteiger partial charge in [0.05, 0.1) is 30.9 Å². The van der Waals surface area contributed by atoms with E-state index in [0.29, 0.717) is 32.1 Å². The van der Waals surface area contributed by atoms with E-state index in [2.05, 4.69) is 9.97 Å². The van der Waals surface area contributed by atoms with Gasteiger partial charge >= 0.3 is 6.18 Å². The lowest BCUT2D eigenvalue weighted by molar-refractivity contribution is -0.141. The molecule has 0 radical (unpaired) electrons. The van der Waals surface area contributed by atoms with E-state index < -0.39 is 11.9 Å². The van der Waals surface area contributed by atoms with Crippen LogP contribution in [0.15, 0.2) is 61.2 Å². The lowest BCUT2D eigenvalue weighted by Crippen LogP contribution is -2.30. The number of halogens is 3. The minimum atomic E-state index is -4.44. The van der Waals surface area contributed by atoms with Crippen LogP contribution in [0.3, 0.4) is 0 Å². The summed E-state index contributed by atoms with van der Waals surface area (Å²) in [5.41, 5.74) is 1.58. The standard InChI is InChI=1S/C20H21F3N4O/c1-2-28-14-17-6-5-16(11-24-17)13-26-9-3-4-10-27(15-26)18-7-8-19(25-12-18)20(21,22)23/h3-12H,2,13-15H2,1H3. The van der Waals surface area contributed by atoms with Gasteiger partial charge in [0.25, 0.3) is 0 Å². The van der Waals surface area contributed by atoms with Crippen molar-refractivity contribution < 1.29 is 17.9 Å². The van der Waals surface area contributed by atoms with Gasteiger partial charge in [0.2, 0.25) is 0 Å². The number of pyridine rings is 2. The van der Waals surface area contributed by atoms with Crippen LogP contribution in [-0.2, 0) is 24.1 Å². The molecule has 0 spiro atoms. The first kappa shape index (κ1) is 19.9. The Morgan fingerprint density at radius 2 is 1.86 bits per heavy atom. The van der Waals surface area contributed by atoms with Crippen LogP contribution in [0, 0.1) is 0 Å². The van der Waals surface area contributed by atoms with Crippen LogP contribution < -0.4 is 4.90 Å². The van der Waals surface area contributed by atoms with Crippen LogP contribution in [0.1, 0.15) is 23.9 Å². The van der Waals surface area contributed by atoms with Gasteiger partial charge in [-0.1, -0.05) is 6.07 Å². The minimum absolute atomic E-state index is 0.473. The first-order valence-corrected chi connectivity index (χ1v) is 8.86. The average Bonchev–Trinajstić information content (AvgIpc) is 2.92. The Kier molecular flexibility index (Phi) is 6.30. The molecule has 0 saturated carbocycles. The quantitative estimate of drug-likeness (QED) is 0.734. The number of rotatable bonds is 6. The van der Waals surface area contributed by atoms with E-state index in [-0.39, 0.29) is 0 Å². The van der Waals surface area contributed by atoms with Gasteiger partial charge in [-0.05, 0) is 42.8 Å². The van der Waals surface area contributed by atoms with Gasteiger partial charge in [0, 0.05) is 31.7 Å². The molecule has 0 atom stereocenters. The summed E-state index contributed by atoms with van der Waals surface area (Å²) in [6.45, 7) is 4.15. The third-order valence-electron chi connectivity index (χ3n) is 4.10. The number of anilines is 1. The molecular weight excluding hydrogens is 369 g/mol. The maximum absolute atomic E-state index is 12.7. The first-order valence-electron chi connectivity index (χ1n) is 8.86. The van der Waals surface area contributed by atoms with Crippen LogP contribution in [0.2, 0.25) is 0 Å². The van der Waals surface area contributed by atoms with Crippen molar-refractivity contribution in [3.05, 3.63) is 78.2 Å². The van der Waals surface area contributed by atoms with Crippen molar-refractivity contribution in [1.82, 2.24) is 14.9 Å². The van der Waals surface area contributed by atoms with Crippen LogP contribution in [0.4, 0.5) is 18.9 Å². The molecule has 0 saturated heterocycles. The minimum Gasteiger partial charge on any atom is -0.375 e. The highest BCUT2D eigenvalue weighted by Crippen LogP contribution is 2.28. The smallest absolute Gasteiger partial charge is 0.375 e. The fourth-order valence-electron chi connectivity index (χ4n) is 2.68. The van der Waals surface area contributed by atoms with Gasteiger partial charge in [-0.15, -0.1) is 0 Å². The normalized spacial score (nSPS) is 14.4. The average molecular weight is 390 g/mol. The molecule has 8 heteroatoms.